The fraction of sp³-hybridized carbons (Fsp3) is 0.222. The Bertz CT molecular complexity index is 816. The Morgan fingerprint density at radius 2 is 1.68 bits per heavy atom. The number of aromatic hydroxyl groups is 1. The molecule has 0 bridgehead atoms. The Balaban J connectivity index is 0.00000225. The number of phenolic OH excluding ortho intramolecular Hbond substituents is 1. The Morgan fingerprint density at radius 1 is 1.04 bits per heavy atom. The molecule has 0 saturated heterocycles. The van der Waals surface area contributed by atoms with Crippen LogP contribution in [0.2, 0.25) is 0 Å². The highest BCUT2D eigenvalue weighted by Crippen LogP contribution is 2.24. The van der Waals surface area contributed by atoms with Gasteiger partial charge in [-0.1, -0.05) is 12.1 Å². The highest BCUT2D eigenvalue weighted by Gasteiger charge is 2.14. The van der Waals surface area contributed by atoms with Gasteiger partial charge in [-0.25, -0.2) is 0 Å². The van der Waals surface area contributed by atoms with Gasteiger partial charge in [-0.05, 0) is 42.0 Å². The third-order valence-corrected chi connectivity index (χ3v) is 4.00. The lowest BCUT2D eigenvalue weighted by atomic mass is 10.1. The second kappa shape index (κ2) is 7.90. The van der Waals surface area contributed by atoms with E-state index >= 15 is 0 Å². The highest BCUT2D eigenvalue weighted by atomic mass is 35.5. The summed E-state index contributed by atoms with van der Waals surface area (Å²) < 4.78 is 7.16. The van der Waals surface area contributed by atoms with Crippen LogP contribution in [-0.2, 0) is 13.5 Å². The van der Waals surface area contributed by atoms with Crippen LogP contribution in [0.5, 0.6) is 11.5 Å². The molecule has 6 nitrogen and oxygen atoms in total. The molecule has 25 heavy (non-hydrogen) atoms. The quantitative estimate of drug-likeness (QED) is 0.756. The summed E-state index contributed by atoms with van der Waals surface area (Å²) in [5.41, 5.74) is 2.07. The minimum Gasteiger partial charge on any atom is -0.508 e. The molecule has 0 aliphatic rings. The fourth-order valence-electron chi connectivity index (χ4n) is 2.52. The Morgan fingerprint density at radius 3 is 2.28 bits per heavy atom. The van der Waals surface area contributed by atoms with Gasteiger partial charge in [0.25, 0.3) is 0 Å². The first-order valence-electron chi connectivity index (χ1n) is 7.62. The third kappa shape index (κ3) is 4.03. The van der Waals surface area contributed by atoms with Crippen LogP contribution in [0.1, 0.15) is 11.4 Å². The van der Waals surface area contributed by atoms with E-state index < -0.39 is 0 Å². The molecule has 2 aromatic carbocycles. The van der Waals surface area contributed by atoms with E-state index in [4.69, 9.17) is 4.74 Å². The Labute approximate surface area is 153 Å². The van der Waals surface area contributed by atoms with Gasteiger partial charge in [0.05, 0.1) is 7.11 Å². The van der Waals surface area contributed by atoms with Gasteiger partial charge in [0.2, 0.25) is 5.95 Å². The standard InChI is InChI=1S/C18H20N4O2.ClH/c1-21(14-6-10-16(24-3)11-7-14)18-20-19-17(22(18)2)12-13-4-8-15(23)9-5-13;/h4-11,23H,12H2,1-3H3;1H. The van der Waals surface area contributed by atoms with Crippen molar-refractivity contribution >= 4 is 24.0 Å². The molecule has 3 aromatic rings. The molecular formula is C18H21ClN4O2. The number of nitrogens with zero attached hydrogens (tertiary/aromatic N) is 4. The Kier molecular flexibility index (Phi) is 5.88. The number of aromatic nitrogens is 3. The zero-order valence-corrected chi connectivity index (χ0v) is 15.2. The molecule has 0 unspecified atom stereocenters. The number of phenols is 1. The van der Waals surface area contributed by atoms with Gasteiger partial charge >= 0.3 is 0 Å². The number of ether oxygens (including phenoxy) is 1. The topological polar surface area (TPSA) is 63.4 Å². The zero-order valence-electron chi connectivity index (χ0n) is 14.4. The second-order valence-electron chi connectivity index (χ2n) is 5.58. The summed E-state index contributed by atoms with van der Waals surface area (Å²) in [5, 5.41) is 18.0. The van der Waals surface area contributed by atoms with E-state index in [1.54, 1.807) is 19.2 Å². The molecule has 0 spiro atoms. The van der Waals surface area contributed by atoms with Crippen molar-refractivity contribution in [2.45, 2.75) is 6.42 Å². The lowest BCUT2D eigenvalue weighted by Crippen LogP contribution is -2.15. The molecule has 132 valence electrons. The molecule has 0 saturated carbocycles. The molecule has 0 amide bonds. The van der Waals surface area contributed by atoms with Crippen molar-refractivity contribution in [1.29, 1.82) is 0 Å². The minimum atomic E-state index is 0. The summed E-state index contributed by atoms with van der Waals surface area (Å²) in [6.45, 7) is 0. The summed E-state index contributed by atoms with van der Waals surface area (Å²) in [7, 11) is 5.55. The Hall–Kier alpha value is -2.73. The lowest BCUT2D eigenvalue weighted by Gasteiger charge is -2.18. The van der Waals surface area contributed by atoms with Gasteiger partial charge in [0, 0.05) is 26.2 Å². The monoisotopic (exact) mass is 360 g/mol. The predicted octanol–water partition coefficient (Wildman–Crippen LogP) is 3.31. The van der Waals surface area contributed by atoms with E-state index in [0.29, 0.717) is 6.42 Å². The van der Waals surface area contributed by atoms with Crippen molar-refractivity contribution in [2.24, 2.45) is 7.05 Å². The number of hydrogen-bond acceptors (Lipinski definition) is 5. The molecule has 0 atom stereocenters. The number of rotatable bonds is 5. The SMILES string of the molecule is COc1ccc(N(C)c2nnc(Cc3ccc(O)cc3)n2C)cc1.Cl. The summed E-state index contributed by atoms with van der Waals surface area (Å²) in [6, 6.07) is 14.9. The van der Waals surface area contributed by atoms with Crippen LogP contribution in [0.3, 0.4) is 0 Å². The van der Waals surface area contributed by atoms with Crippen molar-refractivity contribution in [3.8, 4) is 11.5 Å². The molecule has 0 radical (unpaired) electrons. The molecule has 0 fully saturated rings. The van der Waals surface area contributed by atoms with E-state index in [1.165, 1.54) is 0 Å². The maximum absolute atomic E-state index is 9.37. The van der Waals surface area contributed by atoms with Crippen LogP contribution >= 0.6 is 12.4 Å². The van der Waals surface area contributed by atoms with Crippen LogP contribution in [-0.4, -0.2) is 34.0 Å². The molecular weight excluding hydrogens is 340 g/mol. The van der Waals surface area contributed by atoms with E-state index in [9.17, 15) is 5.11 Å². The van der Waals surface area contributed by atoms with E-state index in [2.05, 4.69) is 10.2 Å². The molecule has 3 rings (SSSR count). The number of hydrogen-bond donors (Lipinski definition) is 1. The van der Waals surface area contributed by atoms with Crippen molar-refractivity contribution in [1.82, 2.24) is 14.8 Å². The molecule has 1 N–H and O–H groups in total. The van der Waals surface area contributed by atoms with Gasteiger partial charge < -0.3 is 14.7 Å². The molecule has 7 heteroatoms. The maximum atomic E-state index is 9.37. The number of benzene rings is 2. The second-order valence-corrected chi connectivity index (χ2v) is 5.58. The molecule has 1 aromatic heterocycles. The molecule has 0 aliphatic carbocycles. The van der Waals surface area contributed by atoms with Gasteiger partial charge in [-0.2, -0.15) is 0 Å². The average Bonchev–Trinajstić information content (AvgIpc) is 2.97. The van der Waals surface area contributed by atoms with Crippen molar-refractivity contribution in [3.05, 3.63) is 59.9 Å². The van der Waals surface area contributed by atoms with Gasteiger partial charge in [0.15, 0.2) is 0 Å². The van der Waals surface area contributed by atoms with E-state index in [-0.39, 0.29) is 18.2 Å². The first-order valence-corrected chi connectivity index (χ1v) is 7.62. The van der Waals surface area contributed by atoms with Gasteiger partial charge in [0.1, 0.15) is 17.3 Å². The highest BCUT2D eigenvalue weighted by molar-refractivity contribution is 5.85. The first kappa shape index (κ1) is 18.6. The van der Waals surface area contributed by atoms with Crippen LogP contribution in [0.15, 0.2) is 48.5 Å². The summed E-state index contributed by atoms with van der Waals surface area (Å²) in [5.74, 6) is 2.69. The smallest absolute Gasteiger partial charge is 0.231 e. The summed E-state index contributed by atoms with van der Waals surface area (Å²) in [6.07, 6.45) is 0.653. The average molecular weight is 361 g/mol. The predicted molar refractivity (Wildman–Crippen MR) is 100 cm³/mol. The minimum absolute atomic E-state index is 0. The van der Waals surface area contributed by atoms with Crippen LogP contribution in [0.4, 0.5) is 11.6 Å². The van der Waals surface area contributed by atoms with Crippen molar-refractivity contribution in [3.63, 3.8) is 0 Å². The van der Waals surface area contributed by atoms with Crippen LogP contribution < -0.4 is 9.64 Å². The van der Waals surface area contributed by atoms with Gasteiger partial charge in [-0.15, -0.1) is 22.6 Å². The normalized spacial score (nSPS) is 10.2. The fourth-order valence-corrected chi connectivity index (χ4v) is 2.52. The van der Waals surface area contributed by atoms with Gasteiger partial charge in [-0.3, -0.25) is 4.57 Å². The van der Waals surface area contributed by atoms with Crippen LogP contribution in [0.25, 0.3) is 0 Å². The number of anilines is 2. The third-order valence-electron chi connectivity index (χ3n) is 4.00. The zero-order chi connectivity index (χ0) is 17.1. The van der Waals surface area contributed by atoms with E-state index in [1.807, 2.05) is 60.0 Å². The number of halogens is 1. The largest absolute Gasteiger partial charge is 0.508 e. The molecule has 0 aliphatic heterocycles. The number of methoxy groups -OCH3 is 1. The lowest BCUT2D eigenvalue weighted by molar-refractivity contribution is 0.415. The molecule has 1 heterocycles. The van der Waals surface area contributed by atoms with Crippen molar-refractivity contribution < 1.29 is 9.84 Å². The van der Waals surface area contributed by atoms with Crippen molar-refractivity contribution in [2.75, 3.05) is 19.1 Å². The summed E-state index contributed by atoms with van der Waals surface area (Å²) >= 11 is 0. The maximum Gasteiger partial charge on any atom is 0.231 e. The first-order chi connectivity index (χ1) is 11.6. The van der Waals surface area contributed by atoms with Crippen LogP contribution in [0, 0.1) is 0 Å². The summed E-state index contributed by atoms with van der Waals surface area (Å²) in [4.78, 5) is 1.98. The van der Waals surface area contributed by atoms with E-state index in [0.717, 1.165) is 28.8 Å².